The molecule has 1 aliphatic carbocycles. The Kier molecular flexibility index (Phi) is 3.00. The standard InChI is InChI=1S/C15H18N2O3/c1-10-4-3-7-16-12(10)13(18)17-8-11-5-2-6-15(11,9-17)14(19)20/h3-4,7,11H,2,5-6,8-9H2,1H3,(H,19,20)/t11-,15+/m0/s1. The molecule has 1 aromatic rings. The number of carboxylic acids is 1. The molecule has 2 aliphatic rings. The number of pyridine rings is 1. The minimum Gasteiger partial charge on any atom is -0.481 e. The number of rotatable bonds is 2. The molecule has 1 aliphatic heterocycles. The highest BCUT2D eigenvalue weighted by molar-refractivity contribution is 5.94. The van der Waals surface area contributed by atoms with Crippen molar-refractivity contribution in [2.75, 3.05) is 13.1 Å². The first-order valence-electron chi connectivity index (χ1n) is 6.99. The monoisotopic (exact) mass is 274 g/mol. The highest BCUT2D eigenvalue weighted by atomic mass is 16.4. The third-order valence-electron chi connectivity index (χ3n) is 4.80. The molecule has 1 saturated heterocycles. The van der Waals surface area contributed by atoms with Crippen LogP contribution < -0.4 is 0 Å². The summed E-state index contributed by atoms with van der Waals surface area (Å²) in [7, 11) is 0. The van der Waals surface area contributed by atoms with Gasteiger partial charge in [0.05, 0.1) is 5.41 Å². The average Bonchev–Trinajstić information content (AvgIpc) is 2.96. The minimum atomic E-state index is -0.756. The van der Waals surface area contributed by atoms with Crippen molar-refractivity contribution in [3.8, 4) is 0 Å². The molecule has 1 amide bonds. The second-order valence-corrected chi connectivity index (χ2v) is 5.91. The number of fused-ring (bicyclic) bond motifs is 1. The van der Waals surface area contributed by atoms with Crippen LogP contribution in [0.3, 0.4) is 0 Å². The molecule has 1 saturated carbocycles. The Labute approximate surface area is 117 Å². The van der Waals surface area contributed by atoms with Crippen molar-refractivity contribution in [3.05, 3.63) is 29.6 Å². The predicted molar refractivity (Wildman–Crippen MR) is 72.3 cm³/mol. The van der Waals surface area contributed by atoms with Gasteiger partial charge in [-0.1, -0.05) is 12.5 Å². The topological polar surface area (TPSA) is 70.5 Å². The van der Waals surface area contributed by atoms with E-state index in [4.69, 9.17) is 0 Å². The summed E-state index contributed by atoms with van der Waals surface area (Å²) in [6.07, 6.45) is 4.13. The van der Waals surface area contributed by atoms with Gasteiger partial charge in [-0.05, 0) is 37.3 Å². The van der Waals surface area contributed by atoms with E-state index in [0.29, 0.717) is 25.2 Å². The number of aliphatic carboxylic acids is 1. The molecule has 5 nitrogen and oxygen atoms in total. The van der Waals surface area contributed by atoms with E-state index in [1.807, 2.05) is 13.0 Å². The van der Waals surface area contributed by atoms with Crippen LogP contribution in [-0.4, -0.2) is 40.0 Å². The Balaban J connectivity index is 1.86. The minimum absolute atomic E-state index is 0.0907. The van der Waals surface area contributed by atoms with E-state index >= 15 is 0 Å². The summed E-state index contributed by atoms with van der Waals surface area (Å²) < 4.78 is 0. The Morgan fingerprint density at radius 2 is 2.30 bits per heavy atom. The highest BCUT2D eigenvalue weighted by Gasteiger charge is 2.55. The molecule has 0 aromatic carbocycles. The Bertz CT molecular complexity index is 572. The first kappa shape index (κ1) is 13.1. The molecule has 0 bridgehead atoms. The van der Waals surface area contributed by atoms with Crippen LogP contribution in [0.5, 0.6) is 0 Å². The molecular weight excluding hydrogens is 256 g/mol. The fraction of sp³-hybridized carbons (Fsp3) is 0.533. The van der Waals surface area contributed by atoms with Gasteiger partial charge in [0, 0.05) is 19.3 Å². The van der Waals surface area contributed by atoms with Crippen LogP contribution in [0.15, 0.2) is 18.3 Å². The lowest BCUT2D eigenvalue weighted by molar-refractivity contribution is -0.149. The smallest absolute Gasteiger partial charge is 0.311 e. The molecule has 2 heterocycles. The van der Waals surface area contributed by atoms with Gasteiger partial charge in [-0.25, -0.2) is 0 Å². The number of hydrogen-bond acceptors (Lipinski definition) is 3. The van der Waals surface area contributed by atoms with E-state index in [9.17, 15) is 14.7 Å². The van der Waals surface area contributed by atoms with E-state index in [0.717, 1.165) is 18.4 Å². The van der Waals surface area contributed by atoms with Crippen LogP contribution in [0.4, 0.5) is 0 Å². The molecule has 1 aromatic heterocycles. The highest BCUT2D eigenvalue weighted by Crippen LogP contribution is 2.49. The van der Waals surface area contributed by atoms with Gasteiger partial charge < -0.3 is 10.0 Å². The number of carbonyl (C=O) groups is 2. The fourth-order valence-electron chi connectivity index (χ4n) is 3.65. The van der Waals surface area contributed by atoms with Crippen molar-refractivity contribution < 1.29 is 14.7 Å². The zero-order valence-corrected chi connectivity index (χ0v) is 11.5. The van der Waals surface area contributed by atoms with E-state index in [2.05, 4.69) is 4.98 Å². The SMILES string of the molecule is Cc1cccnc1C(=O)N1C[C@@H]2CCC[C@@]2(C(=O)O)C1. The summed E-state index contributed by atoms with van der Waals surface area (Å²) >= 11 is 0. The van der Waals surface area contributed by atoms with Gasteiger partial charge in [-0.3, -0.25) is 14.6 Å². The Morgan fingerprint density at radius 1 is 1.50 bits per heavy atom. The van der Waals surface area contributed by atoms with Crippen molar-refractivity contribution in [1.29, 1.82) is 0 Å². The van der Waals surface area contributed by atoms with Crippen LogP contribution >= 0.6 is 0 Å². The van der Waals surface area contributed by atoms with Crippen molar-refractivity contribution in [3.63, 3.8) is 0 Å². The molecule has 3 rings (SSSR count). The van der Waals surface area contributed by atoms with Crippen molar-refractivity contribution in [1.82, 2.24) is 9.88 Å². The number of hydrogen-bond donors (Lipinski definition) is 1. The molecule has 5 heteroatoms. The summed E-state index contributed by atoms with van der Waals surface area (Å²) in [5.41, 5.74) is 0.546. The maximum Gasteiger partial charge on any atom is 0.311 e. The predicted octanol–water partition coefficient (Wildman–Crippen LogP) is 1.72. The number of aromatic nitrogens is 1. The average molecular weight is 274 g/mol. The lowest BCUT2D eigenvalue weighted by Crippen LogP contribution is -2.37. The summed E-state index contributed by atoms with van der Waals surface area (Å²) in [5, 5.41) is 9.55. The first-order valence-corrected chi connectivity index (χ1v) is 6.99. The fourth-order valence-corrected chi connectivity index (χ4v) is 3.65. The van der Waals surface area contributed by atoms with Gasteiger partial charge in [0.25, 0.3) is 5.91 Å². The first-order chi connectivity index (χ1) is 9.54. The number of nitrogens with zero attached hydrogens (tertiary/aromatic N) is 2. The van der Waals surface area contributed by atoms with Gasteiger partial charge in [0.15, 0.2) is 0 Å². The second kappa shape index (κ2) is 4.58. The largest absolute Gasteiger partial charge is 0.481 e. The number of amides is 1. The number of carboxylic acid groups (broad SMARTS) is 1. The van der Waals surface area contributed by atoms with Crippen molar-refractivity contribution in [2.45, 2.75) is 26.2 Å². The second-order valence-electron chi connectivity index (χ2n) is 5.91. The quantitative estimate of drug-likeness (QED) is 0.891. The summed E-state index contributed by atoms with van der Waals surface area (Å²) in [5.74, 6) is -0.806. The Hall–Kier alpha value is -1.91. The van der Waals surface area contributed by atoms with Crippen LogP contribution in [0, 0.1) is 18.3 Å². The van der Waals surface area contributed by atoms with Crippen LogP contribution in [0.1, 0.15) is 35.3 Å². The van der Waals surface area contributed by atoms with Gasteiger partial charge in [-0.2, -0.15) is 0 Å². The van der Waals surface area contributed by atoms with Gasteiger partial charge in [0.1, 0.15) is 5.69 Å². The van der Waals surface area contributed by atoms with E-state index in [1.165, 1.54) is 0 Å². The van der Waals surface area contributed by atoms with Crippen molar-refractivity contribution in [2.24, 2.45) is 11.3 Å². The number of likely N-dealkylation sites (tertiary alicyclic amines) is 1. The normalized spacial score (nSPS) is 28.4. The molecule has 20 heavy (non-hydrogen) atoms. The van der Waals surface area contributed by atoms with E-state index in [-0.39, 0.29) is 11.8 Å². The van der Waals surface area contributed by atoms with Gasteiger partial charge in [-0.15, -0.1) is 0 Å². The molecule has 2 atom stereocenters. The molecule has 0 unspecified atom stereocenters. The van der Waals surface area contributed by atoms with Crippen molar-refractivity contribution >= 4 is 11.9 Å². The zero-order valence-electron chi connectivity index (χ0n) is 11.5. The third-order valence-corrected chi connectivity index (χ3v) is 4.80. The Morgan fingerprint density at radius 3 is 2.95 bits per heavy atom. The summed E-state index contributed by atoms with van der Waals surface area (Å²) in [6, 6.07) is 3.65. The molecule has 0 radical (unpaired) electrons. The lowest BCUT2D eigenvalue weighted by atomic mass is 9.81. The molecule has 2 fully saturated rings. The van der Waals surface area contributed by atoms with E-state index in [1.54, 1.807) is 17.2 Å². The molecule has 0 spiro atoms. The molecular formula is C15H18N2O3. The number of carbonyl (C=O) groups excluding carboxylic acids is 1. The van der Waals surface area contributed by atoms with Crippen LogP contribution in [0.25, 0.3) is 0 Å². The van der Waals surface area contributed by atoms with Crippen LogP contribution in [-0.2, 0) is 4.79 Å². The molecule has 106 valence electrons. The third kappa shape index (κ3) is 1.80. The zero-order chi connectivity index (χ0) is 14.3. The van der Waals surface area contributed by atoms with Gasteiger partial charge in [0.2, 0.25) is 0 Å². The maximum absolute atomic E-state index is 12.5. The molecule has 1 N–H and O–H groups in total. The maximum atomic E-state index is 12.5. The van der Waals surface area contributed by atoms with Gasteiger partial charge >= 0.3 is 5.97 Å². The van der Waals surface area contributed by atoms with Crippen LogP contribution in [0.2, 0.25) is 0 Å². The number of aryl methyl sites for hydroxylation is 1. The summed E-state index contributed by atoms with van der Waals surface area (Å²) in [6.45, 7) is 2.72. The summed E-state index contributed by atoms with van der Waals surface area (Å²) in [4.78, 5) is 30.0. The lowest BCUT2D eigenvalue weighted by Gasteiger charge is -2.23. The van der Waals surface area contributed by atoms with E-state index < -0.39 is 11.4 Å².